The number of ether oxygens (including phenoxy) is 2. The van der Waals surface area contributed by atoms with E-state index in [2.05, 4.69) is 0 Å². The van der Waals surface area contributed by atoms with Gasteiger partial charge in [0.05, 0.1) is 42.0 Å². The molecule has 0 aromatic heterocycles. The van der Waals surface area contributed by atoms with E-state index in [1.54, 1.807) is 0 Å². The van der Waals surface area contributed by atoms with Gasteiger partial charge in [-0.05, 0) is 5.57 Å². The summed E-state index contributed by atoms with van der Waals surface area (Å²) in [6.07, 6.45) is -7.47. The summed E-state index contributed by atoms with van der Waals surface area (Å²) in [4.78, 5) is 0. The first-order chi connectivity index (χ1) is 11.3. The third kappa shape index (κ3) is 3.78. The highest BCUT2D eigenvalue weighted by atomic mass is 32.2. The van der Waals surface area contributed by atoms with Gasteiger partial charge in [0.15, 0.2) is 6.29 Å². The molecular weight excluding hydrogens is 344 g/mol. The smallest absolute Gasteiger partial charge is 0.186 e. The lowest BCUT2D eigenvalue weighted by Crippen LogP contribution is -2.59. The van der Waals surface area contributed by atoms with Gasteiger partial charge in [0, 0.05) is 7.11 Å². The van der Waals surface area contributed by atoms with E-state index in [-0.39, 0.29) is 5.57 Å². The summed E-state index contributed by atoms with van der Waals surface area (Å²) in [5.74, 6) is 0. The van der Waals surface area contributed by atoms with Crippen molar-refractivity contribution < 1.29 is 45.2 Å². The van der Waals surface area contributed by atoms with Gasteiger partial charge in [-0.1, -0.05) is 6.08 Å². The van der Waals surface area contributed by atoms with Crippen molar-refractivity contribution in [3.05, 3.63) is 11.6 Å². The highest BCUT2D eigenvalue weighted by Gasteiger charge is 2.47. The molecule has 0 aromatic rings. The lowest BCUT2D eigenvalue weighted by atomic mass is 9.91. The number of rotatable bonds is 5. The summed E-state index contributed by atoms with van der Waals surface area (Å²) in [5.41, 5.74) is 0.146. The van der Waals surface area contributed by atoms with Gasteiger partial charge in [-0.25, -0.2) is 0 Å². The Morgan fingerprint density at radius 1 is 1.04 bits per heavy atom. The zero-order valence-corrected chi connectivity index (χ0v) is 13.9. The Kier molecular flexibility index (Phi) is 7.02. The van der Waals surface area contributed by atoms with Crippen molar-refractivity contribution in [1.82, 2.24) is 0 Å². The Bertz CT molecular complexity index is 446. The van der Waals surface area contributed by atoms with Gasteiger partial charge in [-0.2, -0.15) is 0 Å². The number of aliphatic hydroxyl groups is 7. The molecule has 1 aliphatic heterocycles. The van der Waals surface area contributed by atoms with Gasteiger partial charge in [0.2, 0.25) is 0 Å². The third-order valence-electron chi connectivity index (χ3n) is 4.32. The van der Waals surface area contributed by atoms with Crippen molar-refractivity contribution in [2.75, 3.05) is 20.3 Å². The Labute approximate surface area is 143 Å². The standard InChI is InChI=1S/C14H24O9S/c1-22-14-12(21)11(20)13(6(4-16)23-14)24-7-2-5(3-15)8(17)10(19)9(7)18/h2,6-21H,3-4H2,1H3/t6-,7+,8-,9+,10+,11-,12-,13-,14+/m1/s1. The summed E-state index contributed by atoms with van der Waals surface area (Å²) in [6, 6.07) is 0. The first-order valence-corrected chi connectivity index (χ1v) is 8.46. The predicted molar refractivity (Wildman–Crippen MR) is 83.1 cm³/mol. The maximum Gasteiger partial charge on any atom is 0.186 e. The normalized spacial score (nSPS) is 46.7. The quantitative estimate of drug-likeness (QED) is 0.243. The van der Waals surface area contributed by atoms with Crippen LogP contribution < -0.4 is 0 Å². The maximum atomic E-state index is 10.3. The highest BCUT2D eigenvalue weighted by molar-refractivity contribution is 8.00. The predicted octanol–water partition coefficient (Wildman–Crippen LogP) is -3.44. The van der Waals surface area contributed by atoms with E-state index >= 15 is 0 Å². The zero-order chi connectivity index (χ0) is 18.0. The molecule has 1 saturated heterocycles. The van der Waals surface area contributed by atoms with Crippen LogP contribution in [0.15, 0.2) is 11.6 Å². The van der Waals surface area contributed by atoms with Crippen LogP contribution in [0.1, 0.15) is 0 Å². The van der Waals surface area contributed by atoms with Crippen LogP contribution in [-0.4, -0.2) is 109 Å². The van der Waals surface area contributed by atoms with Crippen LogP contribution in [0.25, 0.3) is 0 Å². The van der Waals surface area contributed by atoms with Gasteiger partial charge < -0.3 is 45.2 Å². The minimum absolute atomic E-state index is 0.146. The Balaban J connectivity index is 2.19. The van der Waals surface area contributed by atoms with Crippen LogP contribution in [0.4, 0.5) is 0 Å². The molecule has 24 heavy (non-hydrogen) atoms. The fraction of sp³-hybridized carbons (Fsp3) is 0.857. The van der Waals surface area contributed by atoms with Gasteiger partial charge in [-0.15, -0.1) is 11.8 Å². The van der Waals surface area contributed by atoms with Gasteiger partial charge in [0.1, 0.15) is 18.3 Å². The summed E-state index contributed by atoms with van der Waals surface area (Å²) in [7, 11) is 1.29. The molecule has 0 bridgehead atoms. The monoisotopic (exact) mass is 368 g/mol. The van der Waals surface area contributed by atoms with Gasteiger partial charge in [-0.3, -0.25) is 0 Å². The molecule has 9 nitrogen and oxygen atoms in total. The molecule has 0 unspecified atom stereocenters. The molecule has 7 N–H and O–H groups in total. The Morgan fingerprint density at radius 3 is 2.25 bits per heavy atom. The molecule has 9 atom stereocenters. The van der Waals surface area contributed by atoms with E-state index in [4.69, 9.17) is 9.47 Å². The largest absolute Gasteiger partial charge is 0.394 e. The van der Waals surface area contributed by atoms with Crippen molar-refractivity contribution in [3.63, 3.8) is 0 Å². The average molecular weight is 368 g/mol. The Hall–Kier alpha value is -0.270. The summed E-state index contributed by atoms with van der Waals surface area (Å²) >= 11 is 0.972. The second-order valence-electron chi connectivity index (χ2n) is 5.83. The summed E-state index contributed by atoms with van der Waals surface area (Å²) < 4.78 is 10.3. The number of thioether (sulfide) groups is 1. The fourth-order valence-electron chi connectivity index (χ4n) is 2.87. The SMILES string of the molecule is CO[C@H]1O[C@H](CO)[C@@H](S[C@H]2C=C(CO)[C@@H](O)[C@H](O)[C@H]2O)[C@H](O)[C@H]1O. The van der Waals surface area contributed by atoms with Crippen LogP contribution in [0.2, 0.25) is 0 Å². The lowest BCUT2D eigenvalue weighted by Gasteiger charge is -2.43. The molecule has 2 rings (SSSR count). The Morgan fingerprint density at radius 2 is 1.71 bits per heavy atom. The van der Waals surface area contributed by atoms with E-state index < -0.39 is 66.6 Å². The topological polar surface area (TPSA) is 160 Å². The zero-order valence-electron chi connectivity index (χ0n) is 13.0. The first-order valence-electron chi connectivity index (χ1n) is 7.52. The molecule has 140 valence electrons. The average Bonchev–Trinajstić information content (AvgIpc) is 2.59. The number of hydrogen-bond donors (Lipinski definition) is 7. The second-order valence-corrected chi connectivity index (χ2v) is 7.19. The molecule has 10 heteroatoms. The van der Waals surface area contributed by atoms with Gasteiger partial charge >= 0.3 is 0 Å². The van der Waals surface area contributed by atoms with Crippen LogP contribution in [0.3, 0.4) is 0 Å². The minimum Gasteiger partial charge on any atom is -0.394 e. The molecule has 1 heterocycles. The minimum atomic E-state index is -1.50. The molecule has 1 aliphatic carbocycles. The van der Waals surface area contributed by atoms with Crippen LogP contribution >= 0.6 is 11.8 Å². The molecule has 0 aromatic carbocycles. The molecular formula is C14H24O9S. The maximum absolute atomic E-state index is 10.3. The number of hydrogen-bond acceptors (Lipinski definition) is 10. The second kappa shape index (κ2) is 8.41. The first kappa shape index (κ1) is 20.0. The van der Waals surface area contributed by atoms with E-state index in [9.17, 15) is 35.7 Å². The van der Waals surface area contributed by atoms with E-state index in [0.717, 1.165) is 11.8 Å². The molecule has 0 spiro atoms. The van der Waals surface area contributed by atoms with Crippen LogP contribution in [-0.2, 0) is 9.47 Å². The van der Waals surface area contributed by atoms with Crippen molar-refractivity contribution in [2.24, 2.45) is 0 Å². The summed E-state index contributed by atoms with van der Waals surface area (Å²) in [5, 5.41) is 67.2. The molecule has 0 amide bonds. The fourth-order valence-corrected chi connectivity index (χ4v) is 4.46. The van der Waals surface area contributed by atoms with Crippen molar-refractivity contribution in [2.45, 2.75) is 53.4 Å². The van der Waals surface area contributed by atoms with Gasteiger partial charge in [0.25, 0.3) is 0 Å². The third-order valence-corrected chi connectivity index (χ3v) is 5.94. The van der Waals surface area contributed by atoms with E-state index in [1.165, 1.54) is 13.2 Å². The van der Waals surface area contributed by atoms with Crippen molar-refractivity contribution >= 4 is 11.8 Å². The van der Waals surface area contributed by atoms with E-state index in [0.29, 0.717) is 0 Å². The lowest BCUT2D eigenvalue weighted by molar-refractivity contribution is -0.259. The van der Waals surface area contributed by atoms with Crippen LogP contribution in [0, 0.1) is 0 Å². The molecule has 1 fully saturated rings. The molecule has 0 saturated carbocycles. The number of aliphatic hydroxyl groups excluding tert-OH is 7. The van der Waals surface area contributed by atoms with Crippen molar-refractivity contribution in [3.8, 4) is 0 Å². The van der Waals surface area contributed by atoms with Crippen molar-refractivity contribution in [1.29, 1.82) is 0 Å². The number of methoxy groups -OCH3 is 1. The van der Waals surface area contributed by atoms with Crippen LogP contribution in [0.5, 0.6) is 0 Å². The summed E-state index contributed by atoms with van der Waals surface area (Å²) in [6.45, 7) is -0.949. The molecule has 2 aliphatic rings. The molecule has 0 radical (unpaired) electrons. The highest BCUT2D eigenvalue weighted by Crippen LogP contribution is 2.37. The van der Waals surface area contributed by atoms with E-state index in [1.807, 2.05) is 0 Å².